The zero-order valence-corrected chi connectivity index (χ0v) is 10.8. The monoisotopic (exact) mass is 276 g/mol. The minimum Gasteiger partial charge on any atom is -0.378 e. The van der Waals surface area contributed by atoms with Gasteiger partial charge >= 0.3 is 0 Å². The molecule has 2 aromatic rings. The maximum absolute atomic E-state index is 11.8. The van der Waals surface area contributed by atoms with Gasteiger partial charge in [-0.15, -0.1) is 11.3 Å². The molecule has 0 bridgehead atoms. The number of nitrogens with two attached hydrogens (primary N) is 1. The van der Waals surface area contributed by atoms with Crippen LogP contribution in [0.3, 0.4) is 0 Å². The summed E-state index contributed by atoms with van der Waals surface area (Å²) in [7, 11) is 0. The highest BCUT2D eigenvalue weighted by atomic mass is 32.1. The van der Waals surface area contributed by atoms with Crippen LogP contribution in [0.1, 0.15) is 23.6 Å². The first-order valence-electron chi connectivity index (χ1n) is 5.84. The van der Waals surface area contributed by atoms with E-state index in [4.69, 9.17) is 5.73 Å². The predicted molar refractivity (Wildman–Crippen MR) is 71.7 cm³/mol. The third-order valence-corrected chi connectivity index (χ3v) is 4.02. The molecule has 0 fully saturated rings. The molecular weight excluding hydrogens is 264 g/mol. The number of nitrogens with one attached hydrogen (secondary N) is 1. The molecule has 19 heavy (non-hydrogen) atoms. The van der Waals surface area contributed by atoms with Gasteiger partial charge in [0, 0.05) is 29.0 Å². The van der Waals surface area contributed by atoms with Gasteiger partial charge in [-0.1, -0.05) is 6.07 Å². The fourth-order valence-electron chi connectivity index (χ4n) is 2.14. The fraction of sp³-hybridized carbons (Fsp3) is 0.250. The molecule has 1 aliphatic rings. The fourth-order valence-corrected chi connectivity index (χ4v) is 2.97. The average molecular weight is 276 g/mol. The van der Waals surface area contributed by atoms with E-state index >= 15 is 0 Å². The summed E-state index contributed by atoms with van der Waals surface area (Å²) in [5.41, 5.74) is 6.37. The van der Waals surface area contributed by atoms with Crippen LogP contribution in [0.4, 0.5) is 11.6 Å². The number of ketones is 1. The van der Waals surface area contributed by atoms with Crippen molar-refractivity contribution >= 4 is 28.8 Å². The summed E-state index contributed by atoms with van der Waals surface area (Å²) >= 11 is 1.67. The van der Waals surface area contributed by atoms with Crippen molar-refractivity contribution in [3.05, 3.63) is 34.2 Å². The number of allylic oxidation sites excluding steroid dienone is 2. The quantitative estimate of drug-likeness (QED) is 0.892. The smallest absolute Gasteiger partial charge is 0.219 e. The topological polar surface area (TPSA) is 94.0 Å². The summed E-state index contributed by atoms with van der Waals surface area (Å²) in [6, 6.07) is 4.05. The molecule has 0 unspecified atom stereocenters. The minimum absolute atomic E-state index is 0.0992. The Kier molecular flexibility index (Phi) is 3.04. The van der Waals surface area contributed by atoms with Crippen molar-refractivity contribution in [3.63, 3.8) is 0 Å². The van der Waals surface area contributed by atoms with E-state index in [0.29, 0.717) is 12.2 Å². The van der Waals surface area contributed by atoms with Crippen LogP contribution in [0.2, 0.25) is 0 Å². The van der Waals surface area contributed by atoms with E-state index in [-0.39, 0.29) is 17.5 Å². The lowest BCUT2D eigenvalue weighted by atomic mass is 9.90. The van der Waals surface area contributed by atoms with E-state index in [0.717, 1.165) is 12.1 Å². The maximum Gasteiger partial charge on any atom is 0.219 e. The van der Waals surface area contributed by atoms with Gasteiger partial charge in [-0.2, -0.15) is 0 Å². The van der Waals surface area contributed by atoms with Gasteiger partial charge < -0.3 is 11.1 Å². The first kappa shape index (κ1) is 11.9. The molecule has 98 valence electrons. The Labute approximate surface area is 113 Å². The largest absolute Gasteiger partial charge is 0.378 e. The number of carbonyl (C=O) groups excluding carboxylic acids is 1. The van der Waals surface area contributed by atoms with Crippen molar-refractivity contribution in [1.82, 2.24) is 10.3 Å². The molecule has 0 spiro atoms. The number of hydrogen-bond acceptors (Lipinski definition) is 7. The highest BCUT2D eigenvalue weighted by Crippen LogP contribution is 2.34. The molecule has 2 heterocycles. The van der Waals surface area contributed by atoms with Crippen LogP contribution in [0, 0.1) is 0 Å². The van der Waals surface area contributed by atoms with Crippen molar-refractivity contribution in [2.75, 3.05) is 11.1 Å². The van der Waals surface area contributed by atoms with Gasteiger partial charge in [0.25, 0.3) is 0 Å². The van der Waals surface area contributed by atoms with Gasteiger partial charge in [0.2, 0.25) is 11.6 Å². The van der Waals surface area contributed by atoms with E-state index in [1.54, 1.807) is 17.4 Å². The summed E-state index contributed by atoms with van der Waals surface area (Å²) < 4.78 is 4.52. The maximum atomic E-state index is 11.8. The first-order chi connectivity index (χ1) is 9.22. The van der Waals surface area contributed by atoms with E-state index in [1.165, 1.54) is 4.88 Å². The third-order valence-electron chi connectivity index (χ3n) is 2.99. The van der Waals surface area contributed by atoms with E-state index in [1.807, 2.05) is 11.4 Å². The van der Waals surface area contributed by atoms with Gasteiger partial charge in [0.05, 0.1) is 0 Å². The van der Waals surface area contributed by atoms with Crippen molar-refractivity contribution in [3.8, 4) is 0 Å². The molecule has 0 aliphatic heterocycles. The molecule has 7 heteroatoms. The van der Waals surface area contributed by atoms with Crippen LogP contribution in [0.25, 0.3) is 0 Å². The Morgan fingerprint density at radius 3 is 3.00 bits per heavy atom. The van der Waals surface area contributed by atoms with Crippen LogP contribution < -0.4 is 11.1 Å². The zero-order chi connectivity index (χ0) is 13.2. The lowest BCUT2D eigenvalue weighted by molar-refractivity contribution is -0.115. The molecule has 0 aromatic carbocycles. The second-order valence-corrected chi connectivity index (χ2v) is 5.36. The Morgan fingerprint density at radius 1 is 1.42 bits per heavy atom. The second kappa shape index (κ2) is 4.85. The van der Waals surface area contributed by atoms with Gasteiger partial charge in [-0.05, 0) is 28.2 Å². The first-order valence-corrected chi connectivity index (χ1v) is 6.72. The Balaban J connectivity index is 1.78. The van der Waals surface area contributed by atoms with Gasteiger partial charge in [0.1, 0.15) is 0 Å². The van der Waals surface area contributed by atoms with E-state index < -0.39 is 0 Å². The summed E-state index contributed by atoms with van der Waals surface area (Å²) in [5, 5.41) is 12.2. The van der Waals surface area contributed by atoms with E-state index in [9.17, 15) is 4.79 Å². The molecular formula is C12H12N4O2S. The van der Waals surface area contributed by atoms with Gasteiger partial charge in [-0.25, -0.2) is 4.63 Å². The third kappa shape index (κ3) is 2.50. The summed E-state index contributed by atoms with van der Waals surface area (Å²) in [5.74, 6) is 0.848. The molecule has 0 saturated carbocycles. The zero-order valence-electron chi connectivity index (χ0n) is 10.00. The number of aromatic nitrogens is 2. The van der Waals surface area contributed by atoms with E-state index in [2.05, 4.69) is 26.3 Å². The Morgan fingerprint density at radius 2 is 2.32 bits per heavy atom. The SMILES string of the molecule is Nc1nonc1NC1=CC(=O)C[C@@H](c2cccs2)C1. The van der Waals surface area contributed by atoms with Crippen LogP contribution in [-0.2, 0) is 4.79 Å². The Bertz CT molecular complexity index is 617. The van der Waals surface area contributed by atoms with Crippen LogP contribution in [0.5, 0.6) is 0 Å². The lowest BCUT2D eigenvalue weighted by Gasteiger charge is -2.21. The molecule has 0 radical (unpaired) electrons. The number of nitrogen functional groups attached to an aromatic ring is 1. The summed E-state index contributed by atoms with van der Waals surface area (Å²) in [6.07, 6.45) is 2.88. The van der Waals surface area contributed by atoms with Crippen molar-refractivity contribution in [2.24, 2.45) is 0 Å². The van der Waals surface area contributed by atoms with Crippen LogP contribution in [-0.4, -0.2) is 16.1 Å². The number of thiophene rings is 1. The highest BCUT2D eigenvalue weighted by molar-refractivity contribution is 7.10. The summed E-state index contributed by atoms with van der Waals surface area (Å²) in [4.78, 5) is 13.0. The molecule has 0 amide bonds. The molecule has 1 atom stereocenters. The van der Waals surface area contributed by atoms with Crippen molar-refractivity contribution < 1.29 is 9.42 Å². The highest BCUT2D eigenvalue weighted by Gasteiger charge is 2.24. The minimum atomic E-state index is 0.0992. The van der Waals surface area contributed by atoms with Gasteiger partial charge in [0.15, 0.2) is 5.78 Å². The number of rotatable bonds is 3. The predicted octanol–water partition coefficient (Wildman–Crippen LogP) is 2.16. The van der Waals surface area contributed by atoms with Crippen molar-refractivity contribution in [2.45, 2.75) is 18.8 Å². The molecule has 6 nitrogen and oxygen atoms in total. The molecule has 1 aliphatic carbocycles. The standard InChI is InChI=1S/C12H12N4O2S/c13-11-12(16-18-15-11)14-8-4-7(5-9(17)6-8)10-2-1-3-19-10/h1-3,6-7H,4-5H2,(H2,13,15)(H,14,16)/t7-/m0/s1. The average Bonchev–Trinajstić information content (AvgIpc) is 3.01. The number of hydrogen-bond donors (Lipinski definition) is 2. The van der Waals surface area contributed by atoms with Crippen LogP contribution in [0.15, 0.2) is 33.9 Å². The molecule has 2 aromatic heterocycles. The summed E-state index contributed by atoms with van der Waals surface area (Å²) in [6.45, 7) is 0. The molecule has 3 rings (SSSR count). The number of anilines is 2. The number of nitrogens with zero attached hydrogens (tertiary/aromatic N) is 2. The molecule has 3 N–H and O–H groups in total. The van der Waals surface area contributed by atoms with Gasteiger partial charge in [-0.3, -0.25) is 4.79 Å². The van der Waals surface area contributed by atoms with Crippen LogP contribution >= 0.6 is 11.3 Å². The van der Waals surface area contributed by atoms with Crippen molar-refractivity contribution in [1.29, 1.82) is 0 Å². The normalized spacial score (nSPS) is 19.3. The lowest BCUT2D eigenvalue weighted by Crippen LogP contribution is -2.16. The number of carbonyl (C=O) groups is 1. The molecule has 0 saturated heterocycles. The Hall–Kier alpha value is -2.15. The second-order valence-electron chi connectivity index (χ2n) is 4.38.